The lowest BCUT2D eigenvalue weighted by Crippen LogP contribution is -2.12. The summed E-state index contributed by atoms with van der Waals surface area (Å²) in [6.45, 7) is 3.46. The van der Waals surface area contributed by atoms with Crippen LogP contribution in [0.4, 0.5) is 0 Å². The Morgan fingerprint density at radius 3 is 2.80 bits per heavy atom. The van der Waals surface area contributed by atoms with Gasteiger partial charge in [0.15, 0.2) is 5.82 Å². The van der Waals surface area contributed by atoms with Gasteiger partial charge in [-0.15, -0.1) is 0 Å². The van der Waals surface area contributed by atoms with Crippen LogP contribution in [-0.4, -0.2) is 37.8 Å². The van der Waals surface area contributed by atoms with Gasteiger partial charge >= 0.3 is 0 Å². The Morgan fingerprint density at radius 2 is 2.10 bits per heavy atom. The Morgan fingerprint density at radius 1 is 1.25 bits per heavy atom. The Bertz CT molecular complexity index is 634. The van der Waals surface area contributed by atoms with Crippen LogP contribution in [0.15, 0.2) is 6.07 Å². The summed E-state index contributed by atoms with van der Waals surface area (Å²) in [7, 11) is 2.02. The molecule has 0 radical (unpaired) electrons. The standard InChI is InChI=1S/C14H19N5O/c1-9-15-14(19(16-9)11-5-6-20-8-11)12-7-13(10-3-4-10)18(2)17-12/h7,10-11H,3-6,8H2,1-2H3. The van der Waals surface area contributed by atoms with Crippen molar-refractivity contribution < 1.29 is 4.74 Å². The highest BCUT2D eigenvalue weighted by atomic mass is 16.5. The Balaban J connectivity index is 1.75. The summed E-state index contributed by atoms with van der Waals surface area (Å²) >= 11 is 0. The molecule has 2 aromatic rings. The Hall–Kier alpha value is -1.69. The van der Waals surface area contributed by atoms with Crippen molar-refractivity contribution in [2.45, 2.75) is 38.1 Å². The third-order valence-corrected chi connectivity index (χ3v) is 4.13. The van der Waals surface area contributed by atoms with E-state index in [4.69, 9.17) is 4.74 Å². The lowest BCUT2D eigenvalue weighted by molar-refractivity contribution is 0.184. The maximum Gasteiger partial charge on any atom is 0.179 e. The largest absolute Gasteiger partial charge is 0.379 e. The molecular weight excluding hydrogens is 254 g/mol. The molecule has 106 valence electrons. The number of nitrogens with zero attached hydrogens (tertiary/aromatic N) is 5. The van der Waals surface area contributed by atoms with E-state index in [2.05, 4.69) is 21.2 Å². The molecule has 0 N–H and O–H groups in total. The van der Waals surface area contributed by atoms with E-state index in [-0.39, 0.29) is 6.04 Å². The molecule has 1 saturated carbocycles. The maximum absolute atomic E-state index is 5.47. The van der Waals surface area contributed by atoms with Crippen LogP contribution < -0.4 is 0 Å². The number of hydrogen-bond donors (Lipinski definition) is 0. The molecule has 6 nitrogen and oxygen atoms in total. The minimum absolute atomic E-state index is 0.289. The minimum atomic E-state index is 0.289. The summed E-state index contributed by atoms with van der Waals surface area (Å²) in [6, 6.07) is 2.46. The zero-order valence-corrected chi connectivity index (χ0v) is 11.9. The smallest absolute Gasteiger partial charge is 0.179 e. The molecule has 3 heterocycles. The van der Waals surface area contributed by atoms with Gasteiger partial charge in [0.2, 0.25) is 0 Å². The van der Waals surface area contributed by atoms with Crippen molar-refractivity contribution in [1.82, 2.24) is 24.5 Å². The first kappa shape index (κ1) is 12.1. The molecule has 0 bridgehead atoms. The number of aryl methyl sites for hydroxylation is 2. The number of aromatic nitrogens is 5. The predicted molar refractivity (Wildman–Crippen MR) is 73.4 cm³/mol. The molecule has 2 aromatic heterocycles. The monoisotopic (exact) mass is 273 g/mol. The van der Waals surface area contributed by atoms with Crippen LogP contribution in [0.2, 0.25) is 0 Å². The zero-order chi connectivity index (χ0) is 13.7. The van der Waals surface area contributed by atoms with Crippen LogP contribution in [-0.2, 0) is 11.8 Å². The first-order valence-electron chi connectivity index (χ1n) is 7.27. The topological polar surface area (TPSA) is 57.8 Å². The van der Waals surface area contributed by atoms with Gasteiger partial charge in [-0.1, -0.05) is 0 Å². The number of rotatable bonds is 3. The van der Waals surface area contributed by atoms with E-state index in [0.29, 0.717) is 5.92 Å². The second-order valence-electron chi connectivity index (χ2n) is 5.80. The van der Waals surface area contributed by atoms with Crippen LogP contribution in [0.1, 0.15) is 42.7 Å². The third-order valence-electron chi connectivity index (χ3n) is 4.13. The van der Waals surface area contributed by atoms with E-state index in [1.165, 1.54) is 18.5 Å². The first-order valence-corrected chi connectivity index (χ1v) is 7.27. The van der Waals surface area contributed by atoms with Gasteiger partial charge in [0.25, 0.3) is 0 Å². The quantitative estimate of drug-likeness (QED) is 0.856. The highest BCUT2D eigenvalue weighted by Gasteiger charge is 2.29. The van der Waals surface area contributed by atoms with Crippen molar-refractivity contribution in [2.75, 3.05) is 13.2 Å². The molecule has 2 fully saturated rings. The summed E-state index contributed by atoms with van der Waals surface area (Å²) in [5, 5.41) is 9.18. The van der Waals surface area contributed by atoms with E-state index in [0.717, 1.165) is 37.0 Å². The Labute approximate surface area is 117 Å². The lowest BCUT2D eigenvalue weighted by Gasteiger charge is -2.09. The van der Waals surface area contributed by atoms with Crippen molar-refractivity contribution in [3.63, 3.8) is 0 Å². The summed E-state index contributed by atoms with van der Waals surface area (Å²) in [5.41, 5.74) is 2.25. The normalized spacial score (nSPS) is 22.6. The number of hydrogen-bond acceptors (Lipinski definition) is 4. The molecule has 1 aliphatic heterocycles. The van der Waals surface area contributed by atoms with Gasteiger partial charge in [0.05, 0.1) is 12.6 Å². The summed E-state index contributed by atoms with van der Waals surface area (Å²) in [4.78, 5) is 4.58. The molecule has 2 aliphatic rings. The summed E-state index contributed by atoms with van der Waals surface area (Å²) in [5.74, 6) is 2.36. The highest BCUT2D eigenvalue weighted by Crippen LogP contribution is 2.41. The van der Waals surface area contributed by atoms with Gasteiger partial charge in [-0.2, -0.15) is 10.2 Å². The molecule has 20 heavy (non-hydrogen) atoms. The van der Waals surface area contributed by atoms with Crippen molar-refractivity contribution in [3.8, 4) is 11.5 Å². The van der Waals surface area contributed by atoms with Crippen LogP contribution in [0.3, 0.4) is 0 Å². The molecule has 1 atom stereocenters. The van der Waals surface area contributed by atoms with E-state index in [1.807, 2.05) is 23.3 Å². The first-order chi connectivity index (χ1) is 9.72. The molecule has 0 amide bonds. The van der Waals surface area contributed by atoms with Crippen molar-refractivity contribution >= 4 is 0 Å². The van der Waals surface area contributed by atoms with E-state index in [1.54, 1.807) is 0 Å². The summed E-state index contributed by atoms with van der Waals surface area (Å²) < 4.78 is 9.47. The van der Waals surface area contributed by atoms with E-state index >= 15 is 0 Å². The molecule has 0 aromatic carbocycles. The van der Waals surface area contributed by atoms with Gasteiger partial charge in [-0.3, -0.25) is 4.68 Å². The minimum Gasteiger partial charge on any atom is -0.379 e. The second-order valence-corrected chi connectivity index (χ2v) is 5.80. The van der Waals surface area contributed by atoms with Gasteiger partial charge in [-0.05, 0) is 32.3 Å². The highest BCUT2D eigenvalue weighted by molar-refractivity contribution is 5.51. The average molecular weight is 273 g/mol. The average Bonchev–Trinajstić information content (AvgIpc) is 2.87. The van der Waals surface area contributed by atoms with E-state index in [9.17, 15) is 0 Å². The van der Waals surface area contributed by atoms with Crippen LogP contribution in [0.25, 0.3) is 11.5 Å². The van der Waals surface area contributed by atoms with Gasteiger partial charge in [0.1, 0.15) is 11.5 Å². The predicted octanol–water partition coefficient (Wildman–Crippen LogP) is 1.83. The maximum atomic E-state index is 5.47. The Kier molecular flexibility index (Phi) is 2.66. The van der Waals surface area contributed by atoms with Gasteiger partial charge in [0, 0.05) is 25.3 Å². The fourth-order valence-electron chi connectivity index (χ4n) is 2.93. The lowest BCUT2D eigenvalue weighted by atomic mass is 10.2. The van der Waals surface area contributed by atoms with Gasteiger partial charge < -0.3 is 4.74 Å². The second kappa shape index (κ2) is 4.41. The molecule has 0 spiro atoms. The molecule has 1 unspecified atom stereocenters. The fourth-order valence-corrected chi connectivity index (χ4v) is 2.93. The fraction of sp³-hybridized carbons (Fsp3) is 0.643. The van der Waals surface area contributed by atoms with Gasteiger partial charge in [-0.25, -0.2) is 9.67 Å². The molecular formula is C14H19N5O. The molecule has 1 aliphatic carbocycles. The van der Waals surface area contributed by atoms with Crippen molar-refractivity contribution in [3.05, 3.63) is 17.6 Å². The van der Waals surface area contributed by atoms with Crippen molar-refractivity contribution in [2.24, 2.45) is 7.05 Å². The summed E-state index contributed by atoms with van der Waals surface area (Å²) in [6.07, 6.45) is 3.56. The van der Waals surface area contributed by atoms with E-state index < -0.39 is 0 Å². The third kappa shape index (κ3) is 1.95. The molecule has 1 saturated heterocycles. The molecule has 4 rings (SSSR count). The molecule has 6 heteroatoms. The SMILES string of the molecule is Cc1nc(-c2cc(C3CC3)n(C)n2)n(C2CCOC2)n1. The van der Waals surface area contributed by atoms with Crippen LogP contribution in [0, 0.1) is 6.92 Å². The number of ether oxygens (including phenoxy) is 1. The van der Waals surface area contributed by atoms with Crippen LogP contribution in [0.5, 0.6) is 0 Å². The van der Waals surface area contributed by atoms with Crippen molar-refractivity contribution in [1.29, 1.82) is 0 Å². The zero-order valence-electron chi connectivity index (χ0n) is 11.9. The van der Waals surface area contributed by atoms with Crippen LogP contribution >= 0.6 is 0 Å².